The van der Waals surface area contributed by atoms with E-state index in [0.29, 0.717) is 5.56 Å². The van der Waals surface area contributed by atoms with Crippen LogP contribution in [-0.2, 0) is 34.7 Å². The lowest BCUT2D eigenvalue weighted by Gasteiger charge is -2.20. The predicted molar refractivity (Wildman–Crippen MR) is 87.0 cm³/mol. The van der Waals surface area contributed by atoms with Gasteiger partial charge in [-0.1, -0.05) is 12.1 Å². The number of carbonyl (C=O) groups is 4. The number of phenols is 1. The van der Waals surface area contributed by atoms with Crippen LogP contribution in [0, 0.1) is 0 Å². The number of phosphoric ester groups is 1. The maximum atomic E-state index is 10.8. The molecule has 1 rings (SSSR count). The Hall–Kier alpha value is -2.99. The molecule has 0 saturated heterocycles. The first kappa shape index (κ1) is 25.0. The Morgan fingerprint density at radius 2 is 1.43 bits per heavy atom. The molecule has 0 aromatic heterocycles. The first-order chi connectivity index (χ1) is 12.6. The van der Waals surface area contributed by atoms with Crippen LogP contribution in [-0.4, -0.2) is 64.8 Å². The van der Waals surface area contributed by atoms with Gasteiger partial charge >= 0.3 is 31.7 Å². The number of aromatic hydroxyl groups is 1. The number of carboxylic acids is 3. The molecule has 1 aromatic carbocycles. The van der Waals surface area contributed by atoms with Crippen LogP contribution < -0.4 is 0 Å². The highest BCUT2D eigenvalue weighted by Gasteiger charge is 2.42. The number of phosphoric acid groups is 1. The first-order valence-corrected chi connectivity index (χ1v) is 8.63. The third-order valence-corrected chi connectivity index (χ3v) is 3.23. The summed E-state index contributed by atoms with van der Waals surface area (Å²) in [7, 11) is -5.17. The van der Waals surface area contributed by atoms with Crippen LogP contribution in [0.3, 0.4) is 0 Å². The van der Waals surface area contributed by atoms with E-state index in [4.69, 9.17) is 30.2 Å². The van der Waals surface area contributed by atoms with Gasteiger partial charge in [0.15, 0.2) is 5.60 Å². The number of aliphatic hydroxyl groups is 1. The fraction of sp³-hybridized carbons (Fsp3) is 0.286. The summed E-state index contributed by atoms with van der Waals surface area (Å²) >= 11 is 0. The number of carboxylic acid groups (broad SMARTS) is 3. The molecule has 28 heavy (non-hydrogen) atoms. The zero-order chi connectivity index (χ0) is 22.1. The Bertz CT molecular complexity index is 766. The summed E-state index contributed by atoms with van der Waals surface area (Å²) in [6, 6.07) is 6.11. The second-order valence-corrected chi connectivity index (χ2v) is 6.44. The molecule has 1 aromatic rings. The highest BCUT2D eigenvalue weighted by atomic mass is 31.2. The van der Waals surface area contributed by atoms with Gasteiger partial charge in [-0.05, 0) is 17.7 Å². The van der Waals surface area contributed by atoms with Crippen molar-refractivity contribution in [3.8, 4) is 5.75 Å². The van der Waals surface area contributed by atoms with Gasteiger partial charge in [-0.25, -0.2) is 9.36 Å². The van der Waals surface area contributed by atoms with Gasteiger partial charge in [0.1, 0.15) is 5.75 Å². The molecule has 0 saturated carbocycles. The molecule has 0 radical (unpaired) electrons. The maximum absolute atomic E-state index is 10.8. The smallest absolute Gasteiger partial charge is 0.508 e. The topological polar surface area (TPSA) is 236 Å². The Labute approximate surface area is 156 Å². The highest BCUT2D eigenvalue weighted by Crippen LogP contribution is 2.37. The van der Waals surface area contributed by atoms with Crippen LogP contribution in [0.1, 0.15) is 18.4 Å². The van der Waals surface area contributed by atoms with Crippen molar-refractivity contribution in [2.75, 3.05) is 0 Å². The summed E-state index contributed by atoms with van der Waals surface area (Å²) in [5.74, 6) is -6.18. The summed E-state index contributed by atoms with van der Waals surface area (Å²) in [6.45, 7) is 0. The molecule has 0 bridgehead atoms. The van der Waals surface area contributed by atoms with E-state index in [-0.39, 0.29) is 12.2 Å². The van der Waals surface area contributed by atoms with Gasteiger partial charge < -0.3 is 30.1 Å². The monoisotopic (exact) mass is 424 g/mol. The molecular weight excluding hydrogens is 407 g/mol. The summed E-state index contributed by atoms with van der Waals surface area (Å²) < 4.78 is 13.7. The van der Waals surface area contributed by atoms with Crippen molar-refractivity contribution in [1.29, 1.82) is 0 Å². The average Bonchev–Trinajstić information content (AvgIpc) is 2.46. The Morgan fingerprint density at radius 3 is 1.79 bits per heavy atom. The minimum absolute atomic E-state index is 0.000278. The minimum atomic E-state index is -5.17. The SMILES string of the molecule is O=C(O)CC(O)(CC(=O)OP(=O)(O)O)C(=O)O.O=C(O)Cc1ccc(O)cc1. The third-order valence-electron chi connectivity index (χ3n) is 2.79. The Balaban J connectivity index is 0.000000567. The number of hydrogen-bond acceptors (Lipinski definition) is 8. The molecule has 1 unspecified atom stereocenters. The molecule has 0 heterocycles. The van der Waals surface area contributed by atoms with Crippen molar-refractivity contribution in [3.05, 3.63) is 29.8 Å². The molecule has 7 N–H and O–H groups in total. The van der Waals surface area contributed by atoms with E-state index >= 15 is 0 Å². The first-order valence-electron chi connectivity index (χ1n) is 7.10. The zero-order valence-corrected chi connectivity index (χ0v) is 14.9. The van der Waals surface area contributed by atoms with Gasteiger partial charge in [-0.3, -0.25) is 24.2 Å². The predicted octanol–water partition coefficient (Wildman–Crippen LogP) is -0.678. The van der Waals surface area contributed by atoms with Crippen LogP contribution in [0.25, 0.3) is 0 Å². The number of phenolic OH excluding ortho intramolecular Hbond substituents is 1. The molecule has 0 aliphatic carbocycles. The van der Waals surface area contributed by atoms with Crippen LogP contribution >= 0.6 is 7.82 Å². The van der Waals surface area contributed by atoms with Crippen LogP contribution in [0.4, 0.5) is 0 Å². The summed E-state index contributed by atoms with van der Waals surface area (Å²) in [5, 5.41) is 43.3. The normalized spacial score (nSPS) is 12.7. The highest BCUT2D eigenvalue weighted by molar-refractivity contribution is 7.46. The van der Waals surface area contributed by atoms with Crippen LogP contribution in [0.5, 0.6) is 5.75 Å². The molecule has 14 heteroatoms. The summed E-state index contributed by atoms with van der Waals surface area (Å²) in [5.41, 5.74) is -2.30. The lowest BCUT2D eigenvalue weighted by molar-refractivity contribution is -0.170. The largest absolute Gasteiger partial charge is 0.526 e. The van der Waals surface area contributed by atoms with Gasteiger partial charge in [0, 0.05) is 0 Å². The summed E-state index contributed by atoms with van der Waals surface area (Å²) in [6.07, 6.45) is -2.72. The lowest BCUT2D eigenvalue weighted by atomic mass is 9.96. The van der Waals surface area contributed by atoms with E-state index in [1.165, 1.54) is 12.1 Å². The quantitative estimate of drug-likeness (QED) is 0.256. The molecule has 1 atom stereocenters. The van der Waals surface area contributed by atoms with Crippen molar-refractivity contribution in [2.24, 2.45) is 0 Å². The average molecular weight is 424 g/mol. The molecular formula is C14H17O13P. The van der Waals surface area contributed by atoms with Crippen LogP contribution in [0.2, 0.25) is 0 Å². The zero-order valence-electron chi connectivity index (χ0n) is 14.0. The molecule has 0 aliphatic heterocycles. The molecule has 156 valence electrons. The molecule has 0 fully saturated rings. The number of rotatable bonds is 8. The van der Waals surface area contributed by atoms with E-state index < -0.39 is 50.1 Å². The standard InChI is InChI=1S/C8H8O3.C6H9O10P/c9-7-3-1-6(2-4-7)5-8(10)11;7-3(8)1-6(12,5(10)11)2-4(9)16-17(13,14)15/h1-4,9H,5H2,(H,10,11);12H,1-2H2,(H,7,8)(H,10,11)(H2,13,14,15). The van der Waals surface area contributed by atoms with E-state index in [1.54, 1.807) is 12.1 Å². The Kier molecular flexibility index (Phi) is 9.26. The van der Waals surface area contributed by atoms with Gasteiger partial charge in [0.25, 0.3) is 0 Å². The number of aliphatic carboxylic acids is 3. The Morgan fingerprint density at radius 1 is 0.929 bits per heavy atom. The van der Waals surface area contributed by atoms with E-state index in [0.717, 1.165) is 0 Å². The molecule has 13 nitrogen and oxygen atoms in total. The van der Waals surface area contributed by atoms with Crippen molar-refractivity contribution >= 4 is 31.7 Å². The third kappa shape index (κ3) is 10.9. The number of hydrogen-bond donors (Lipinski definition) is 7. The van der Waals surface area contributed by atoms with E-state index in [2.05, 4.69) is 4.52 Å². The number of carbonyl (C=O) groups excluding carboxylic acids is 1. The van der Waals surface area contributed by atoms with Crippen molar-refractivity contribution in [2.45, 2.75) is 24.9 Å². The second kappa shape index (κ2) is 10.4. The second-order valence-electron chi connectivity index (χ2n) is 5.27. The van der Waals surface area contributed by atoms with Crippen LogP contribution in [0.15, 0.2) is 24.3 Å². The molecule has 0 aliphatic rings. The van der Waals surface area contributed by atoms with Gasteiger partial charge in [-0.2, -0.15) is 0 Å². The number of benzene rings is 1. The molecule has 0 spiro atoms. The fourth-order valence-corrected chi connectivity index (χ4v) is 1.99. The lowest BCUT2D eigenvalue weighted by Crippen LogP contribution is -2.43. The van der Waals surface area contributed by atoms with Crippen molar-refractivity contribution in [3.63, 3.8) is 0 Å². The van der Waals surface area contributed by atoms with E-state index in [9.17, 15) is 28.8 Å². The maximum Gasteiger partial charge on any atom is 0.526 e. The summed E-state index contributed by atoms with van der Waals surface area (Å²) in [4.78, 5) is 58.3. The van der Waals surface area contributed by atoms with Gasteiger partial charge in [0.05, 0.1) is 19.3 Å². The minimum Gasteiger partial charge on any atom is -0.508 e. The van der Waals surface area contributed by atoms with Gasteiger partial charge in [-0.15, -0.1) is 0 Å². The van der Waals surface area contributed by atoms with Gasteiger partial charge in [0.2, 0.25) is 0 Å². The van der Waals surface area contributed by atoms with E-state index in [1.807, 2.05) is 0 Å². The molecule has 0 amide bonds. The fourth-order valence-electron chi connectivity index (χ4n) is 1.66. The van der Waals surface area contributed by atoms with Crippen molar-refractivity contribution in [1.82, 2.24) is 0 Å². The van der Waals surface area contributed by atoms with Crippen molar-refractivity contribution < 1.29 is 63.6 Å².